The Morgan fingerprint density at radius 1 is 1.15 bits per heavy atom. The largest absolute Gasteiger partial charge is 0.481 e. The summed E-state index contributed by atoms with van der Waals surface area (Å²) < 4.78 is 1.37. The third kappa shape index (κ3) is 3.16. The van der Waals surface area contributed by atoms with E-state index >= 15 is 0 Å². The van der Waals surface area contributed by atoms with Crippen molar-refractivity contribution in [3.8, 4) is 0 Å². The molecule has 1 fully saturated rings. The number of rotatable bonds is 3. The van der Waals surface area contributed by atoms with Gasteiger partial charge in [0, 0.05) is 12.2 Å². The second-order valence-electron chi connectivity index (χ2n) is 6.92. The quantitative estimate of drug-likeness (QED) is 0.693. The van der Waals surface area contributed by atoms with E-state index in [2.05, 4.69) is 10.3 Å². The predicted molar refractivity (Wildman–Crippen MR) is 99.8 cm³/mol. The summed E-state index contributed by atoms with van der Waals surface area (Å²) >= 11 is 0. The van der Waals surface area contributed by atoms with Crippen molar-refractivity contribution in [1.82, 2.24) is 14.7 Å². The van der Waals surface area contributed by atoms with Crippen LogP contribution in [0.5, 0.6) is 0 Å². The Morgan fingerprint density at radius 2 is 1.96 bits per heavy atom. The number of carboxylic acid groups (broad SMARTS) is 1. The summed E-state index contributed by atoms with van der Waals surface area (Å²) in [4.78, 5) is 41.3. The molecule has 1 aliphatic rings. The van der Waals surface area contributed by atoms with E-state index in [0.717, 1.165) is 12.8 Å². The molecule has 2 aromatic heterocycles. The van der Waals surface area contributed by atoms with Gasteiger partial charge in [-0.05, 0) is 43.5 Å². The van der Waals surface area contributed by atoms with Gasteiger partial charge in [-0.15, -0.1) is 0 Å². The number of amides is 1. The molecule has 4 rings (SSSR count). The molecular formula is C20H19N3O4. The lowest BCUT2D eigenvalue weighted by molar-refractivity contribution is -0.143. The topological polar surface area (TPSA) is 101 Å². The van der Waals surface area contributed by atoms with Gasteiger partial charge in [0.2, 0.25) is 0 Å². The normalized spacial score (nSPS) is 19.9. The Labute approximate surface area is 154 Å². The smallest absolute Gasteiger partial charge is 0.306 e. The van der Waals surface area contributed by atoms with Crippen molar-refractivity contribution in [2.75, 3.05) is 0 Å². The number of pyridine rings is 1. The van der Waals surface area contributed by atoms with E-state index in [0.29, 0.717) is 35.0 Å². The monoisotopic (exact) mass is 365 g/mol. The fourth-order valence-electron chi connectivity index (χ4n) is 3.76. The first kappa shape index (κ1) is 17.2. The summed E-state index contributed by atoms with van der Waals surface area (Å²) in [5.41, 5.74) is 0.905. The molecule has 0 saturated heterocycles. The van der Waals surface area contributed by atoms with Crippen LogP contribution < -0.4 is 10.9 Å². The Morgan fingerprint density at radius 3 is 2.78 bits per heavy atom. The van der Waals surface area contributed by atoms with Gasteiger partial charge >= 0.3 is 5.97 Å². The molecule has 1 aliphatic carbocycles. The maximum atomic E-state index is 12.8. The van der Waals surface area contributed by atoms with Crippen LogP contribution in [0.3, 0.4) is 0 Å². The van der Waals surface area contributed by atoms with Crippen LogP contribution in [0.25, 0.3) is 16.6 Å². The molecule has 7 nitrogen and oxygen atoms in total. The molecule has 0 bridgehead atoms. The van der Waals surface area contributed by atoms with Crippen LogP contribution in [0.1, 0.15) is 36.0 Å². The molecule has 138 valence electrons. The number of hydrogen-bond acceptors (Lipinski definition) is 4. The molecule has 2 N–H and O–H groups in total. The van der Waals surface area contributed by atoms with Crippen LogP contribution in [-0.4, -0.2) is 32.4 Å². The van der Waals surface area contributed by atoms with Gasteiger partial charge in [-0.3, -0.25) is 18.8 Å². The first-order valence-corrected chi connectivity index (χ1v) is 8.98. The van der Waals surface area contributed by atoms with Crippen LogP contribution in [-0.2, 0) is 4.79 Å². The molecule has 1 saturated carbocycles. The van der Waals surface area contributed by atoms with Gasteiger partial charge in [0.25, 0.3) is 11.5 Å². The molecule has 1 aromatic carbocycles. The van der Waals surface area contributed by atoms with Crippen molar-refractivity contribution in [3.05, 3.63) is 58.5 Å². The van der Waals surface area contributed by atoms with Crippen LogP contribution in [0.4, 0.5) is 0 Å². The lowest BCUT2D eigenvalue weighted by atomic mass is 9.85. The number of aliphatic carboxylic acids is 1. The zero-order valence-electron chi connectivity index (χ0n) is 14.6. The molecule has 0 radical (unpaired) electrons. The molecule has 1 amide bonds. The Kier molecular flexibility index (Phi) is 4.35. The number of carbonyl (C=O) groups excluding carboxylic acids is 1. The molecule has 0 spiro atoms. The zero-order valence-corrected chi connectivity index (χ0v) is 14.6. The molecule has 27 heavy (non-hydrogen) atoms. The van der Waals surface area contributed by atoms with E-state index in [1.807, 2.05) is 0 Å². The Bertz CT molecular complexity index is 1110. The summed E-state index contributed by atoms with van der Waals surface area (Å²) in [6.45, 7) is 0. The van der Waals surface area contributed by atoms with Gasteiger partial charge in [0.1, 0.15) is 0 Å². The van der Waals surface area contributed by atoms with E-state index in [4.69, 9.17) is 0 Å². The van der Waals surface area contributed by atoms with E-state index in [9.17, 15) is 19.5 Å². The fraction of sp³-hybridized carbons (Fsp3) is 0.300. The molecule has 2 unspecified atom stereocenters. The third-order valence-corrected chi connectivity index (χ3v) is 5.15. The Balaban J connectivity index is 1.70. The lowest BCUT2D eigenvalue weighted by Gasteiger charge is -2.27. The number of carboxylic acids is 1. The van der Waals surface area contributed by atoms with Gasteiger partial charge in [-0.2, -0.15) is 0 Å². The van der Waals surface area contributed by atoms with Crippen LogP contribution in [0.2, 0.25) is 0 Å². The summed E-state index contributed by atoms with van der Waals surface area (Å²) in [6, 6.07) is 10.1. The highest BCUT2D eigenvalue weighted by atomic mass is 16.4. The lowest BCUT2D eigenvalue weighted by Crippen LogP contribution is -2.40. The van der Waals surface area contributed by atoms with Gasteiger partial charge in [0.15, 0.2) is 5.65 Å². The minimum atomic E-state index is -0.821. The second-order valence-corrected chi connectivity index (χ2v) is 6.92. The van der Waals surface area contributed by atoms with Gasteiger partial charge in [0.05, 0.1) is 22.4 Å². The number of hydrogen-bond donors (Lipinski definition) is 2. The molecule has 0 aliphatic heterocycles. The molecule has 2 heterocycles. The third-order valence-electron chi connectivity index (χ3n) is 5.15. The minimum Gasteiger partial charge on any atom is -0.481 e. The summed E-state index contributed by atoms with van der Waals surface area (Å²) in [7, 11) is 0. The standard InChI is InChI=1S/C20H19N3O4/c24-18(21-13-6-3-5-12(11-13)20(26)27)15-8-4-10-23-17(15)22-16-9-2-1-7-14(16)19(23)25/h1-2,4,7-10,12-13H,3,5-6,11H2,(H,21,24)(H,26,27). The summed E-state index contributed by atoms with van der Waals surface area (Å²) in [5, 5.41) is 12.6. The molecule has 3 aromatic rings. The van der Waals surface area contributed by atoms with Gasteiger partial charge in [-0.1, -0.05) is 18.6 Å². The maximum Gasteiger partial charge on any atom is 0.306 e. The highest BCUT2D eigenvalue weighted by molar-refractivity contribution is 6.00. The van der Waals surface area contributed by atoms with Crippen LogP contribution >= 0.6 is 0 Å². The van der Waals surface area contributed by atoms with Crippen molar-refractivity contribution in [2.45, 2.75) is 31.7 Å². The van der Waals surface area contributed by atoms with E-state index in [1.54, 1.807) is 42.6 Å². The van der Waals surface area contributed by atoms with Crippen molar-refractivity contribution in [3.63, 3.8) is 0 Å². The number of para-hydroxylation sites is 1. The SMILES string of the molecule is O=C(NC1CCCC(C(=O)O)C1)c1cccn2c(=O)c3ccccc3nc12. The molecular weight excluding hydrogens is 346 g/mol. The van der Waals surface area contributed by atoms with E-state index in [-0.39, 0.29) is 17.5 Å². The van der Waals surface area contributed by atoms with E-state index in [1.165, 1.54) is 4.40 Å². The maximum absolute atomic E-state index is 12.8. The van der Waals surface area contributed by atoms with Gasteiger partial charge in [-0.25, -0.2) is 4.98 Å². The average molecular weight is 365 g/mol. The van der Waals surface area contributed by atoms with Crippen molar-refractivity contribution in [1.29, 1.82) is 0 Å². The first-order valence-electron chi connectivity index (χ1n) is 8.98. The van der Waals surface area contributed by atoms with Crippen molar-refractivity contribution >= 4 is 28.4 Å². The van der Waals surface area contributed by atoms with Gasteiger partial charge < -0.3 is 10.4 Å². The van der Waals surface area contributed by atoms with E-state index < -0.39 is 11.9 Å². The van der Waals surface area contributed by atoms with Crippen LogP contribution in [0.15, 0.2) is 47.4 Å². The number of nitrogens with one attached hydrogen (secondary N) is 1. The first-order chi connectivity index (χ1) is 13.0. The number of carbonyl (C=O) groups is 2. The second kappa shape index (κ2) is 6.83. The van der Waals surface area contributed by atoms with Crippen molar-refractivity contribution in [2.24, 2.45) is 5.92 Å². The molecule has 2 atom stereocenters. The minimum absolute atomic E-state index is 0.195. The Hall–Kier alpha value is -3.22. The highest BCUT2D eigenvalue weighted by Crippen LogP contribution is 2.25. The number of fused-ring (bicyclic) bond motifs is 2. The molecule has 7 heteroatoms. The number of nitrogens with zero attached hydrogens (tertiary/aromatic N) is 2. The highest BCUT2D eigenvalue weighted by Gasteiger charge is 2.28. The predicted octanol–water partition coefficient (Wildman–Crippen LogP) is 2.22. The number of aromatic nitrogens is 2. The zero-order chi connectivity index (χ0) is 19.0. The average Bonchev–Trinajstić information content (AvgIpc) is 2.68. The fourth-order valence-corrected chi connectivity index (χ4v) is 3.76. The van der Waals surface area contributed by atoms with Crippen molar-refractivity contribution < 1.29 is 14.7 Å². The van der Waals surface area contributed by atoms with Crippen LogP contribution in [0, 0.1) is 5.92 Å². The number of benzene rings is 1. The summed E-state index contributed by atoms with van der Waals surface area (Å²) in [6.07, 6.45) is 4.16. The summed E-state index contributed by atoms with van der Waals surface area (Å²) in [5.74, 6) is -1.59.